The molecule has 4 nitrogen and oxygen atoms in total. The highest BCUT2D eigenvalue weighted by atomic mass is 32.2. The van der Waals surface area contributed by atoms with Gasteiger partial charge in [-0.2, -0.15) is 0 Å². The third-order valence-electron chi connectivity index (χ3n) is 3.94. The molecule has 0 saturated heterocycles. The zero-order valence-corrected chi connectivity index (χ0v) is 14.2. The molecular formula is C18H19NO3S. The summed E-state index contributed by atoms with van der Waals surface area (Å²) in [4.78, 5) is 0.251. The molecule has 0 aliphatic rings. The minimum Gasteiger partial charge on any atom is -0.461 e. The molecule has 0 unspecified atom stereocenters. The molecule has 0 spiro atoms. The first-order chi connectivity index (χ1) is 10.9. The van der Waals surface area contributed by atoms with Crippen LogP contribution in [0.3, 0.4) is 0 Å². The van der Waals surface area contributed by atoms with E-state index in [-0.39, 0.29) is 4.90 Å². The highest BCUT2D eigenvalue weighted by Crippen LogP contribution is 2.29. The molecule has 1 aromatic heterocycles. The van der Waals surface area contributed by atoms with Crippen LogP contribution in [0.25, 0.3) is 11.0 Å². The second-order valence-electron chi connectivity index (χ2n) is 5.63. The molecule has 1 N–H and O–H groups in total. The third-order valence-corrected chi connectivity index (χ3v) is 5.34. The van der Waals surface area contributed by atoms with Gasteiger partial charge in [0.2, 0.25) is 0 Å². The maximum absolute atomic E-state index is 12.5. The van der Waals surface area contributed by atoms with Crippen LogP contribution in [0, 0.1) is 13.8 Å². The second-order valence-corrected chi connectivity index (χ2v) is 7.32. The number of rotatable bonds is 4. The summed E-state index contributed by atoms with van der Waals surface area (Å²) in [5.74, 6) is 0.929. The Morgan fingerprint density at radius 3 is 2.39 bits per heavy atom. The Labute approximate surface area is 136 Å². The molecule has 2 aromatic carbocycles. The van der Waals surface area contributed by atoms with E-state index in [9.17, 15) is 8.42 Å². The summed E-state index contributed by atoms with van der Waals surface area (Å²) in [5, 5.41) is 0.936. The fourth-order valence-corrected chi connectivity index (χ4v) is 3.65. The van der Waals surface area contributed by atoms with E-state index in [1.54, 1.807) is 36.4 Å². The summed E-state index contributed by atoms with van der Waals surface area (Å²) in [6.45, 7) is 5.94. The quantitative estimate of drug-likeness (QED) is 0.771. The molecule has 23 heavy (non-hydrogen) atoms. The van der Waals surface area contributed by atoms with Crippen LogP contribution in [0.4, 0.5) is 5.69 Å². The number of fused-ring (bicyclic) bond motifs is 1. The number of sulfonamides is 1. The Kier molecular flexibility index (Phi) is 3.90. The van der Waals surface area contributed by atoms with Crippen molar-refractivity contribution < 1.29 is 12.8 Å². The fraction of sp³-hybridized carbons (Fsp3) is 0.222. The predicted molar refractivity (Wildman–Crippen MR) is 92.3 cm³/mol. The highest BCUT2D eigenvalue weighted by molar-refractivity contribution is 7.92. The molecule has 5 heteroatoms. The Bertz CT molecular complexity index is 954. The van der Waals surface area contributed by atoms with Crippen LogP contribution in [0.2, 0.25) is 0 Å². The molecule has 3 aromatic rings. The second kappa shape index (κ2) is 5.74. The predicted octanol–water partition coefficient (Wildman–Crippen LogP) is 4.41. The molecule has 0 atom stereocenters. The van der Waals surface area contributed by atoms with Crippen LogP contribution in [0.15, 0.2) is 51.8 Å². The van der Waals surface area contributed by atoms with Gasteiger partial charge in [0.15, 0.2) is 0 Å². The van der Waals surface area contributed by atoms with Crippen molar-refractivity contribution in [2.45, 2.75) is 32.1 Å². The minimum absolute atomic E-state index is 0.251. The van der Waals surface area contributed by atoms with Crippen molar-refractivity contribution in [1.29, 1.82) is 0 Å². The van der Waals surface area contributed by atoms with E-state index in [2.05, 4.69) is 4.72 Å². The lowest BCUT2D eigenvalue weighted by molar-refractivity contribution is 0.553. The van der Waals surface area contributed by atoms with Gasteiger partial charge < -0.3 is 4.42 Å². The summed E-state index contributed by atoms with van der Waals surface area (Å²) >= 11 is 0. The average Bonchev–Trinajstić information content (AvgIpc) is 2.83. The van der Waals surface area contributed by atoms with E-state index >= 15 is 0 Å². The summed E-state index contributed by atoms with van der Waals surface area (Å²) < 4.78 is 33.3. The van der Waals surface area contributed by atoms with Crippen LogP contribution in [-0.4, -0.2) is 8.42 Å². The summed E-state index contributed by atoms with van der Waals surface area (Å²) in [6, 6.07) is 12.1. The number of anilines is 1. The van der Waals surface area contributed by atoms with Gasteiger partial charge in [0.1, 0.15) is 11.3 Å². The highest BCUT2D eigenvalue weighted by Gasteiger charge is 2.15. The molecule has 0 bridgehead atoms. The van der Waals surface area contributed by atoms with Crippen LogP contribution in [0.1, 0.15) is 23.8 Å². The van der Waals surface area contributed by atoms with E-state index in [0.29, 0.717) is 5.69 Å². The molecule has 3 rings (SSSR count). The SMILES string of the molecule is CCc1oc2ccc(NS(=O)(=O)c3ccc(C)cc3)cc2c1C. The van der Waals surface area contributed by atoms with Gasteiger partial charge in [0.05, 0.1) is 4.90 Å². The first kappa shape index (κ1) is 15.6. The lowest BCUT2D eigenvalue weighted by atomic mass is 10.1. The number of nitrogens with one attached hydrogen (secondary N) is 1. The largest absolute Gasteiger partial charge is 0.461 e. The van der Waals surface area contributed by atoms with Crippen molar-refractivity contribution in [1.82, 2.24) is 0 Å². The lowest BCUT2D eigenvalue weighted by Gasteiger charge is -2.08. The molecule has 0 fully saturated rings. The van der Waals surface area contributed by atoms with E-state index in [0.717, 1.165) is 34.3 Å². The molecule has 0 aliphatic heterocycles. The van der Waals surface area contributed by atoms with E-state index in [1.165, 1.54) is 0 Å². The lowest BCUT2D eigenvalue weighted by Crippen LogP contribution is -2.12. The zero-order valence-electron chi connectivity index (χ0n) is 13.4. The van der Waals surface area contributed by atoms with Gasteiger partial charge in [-0.15, -0.1) is 0 Å². The van der Waals surface area contributed by atoms with Gasteiger partial charge in [0.25, 0.3) is 10.0 Å². The number of hydrogen-bond donors (Lipinski definition) is 1. The Morgan fingerprint density at radius 1 is 1.04 bits per heavy atom. The number of hydrogen-bond acceptors (Lipinski definition) is 3. The van der Waals surface area contributed by atoms with Crippen molar-refractivity contribution in [3.05, 3.63) is 59.4 Å². The molecule has 0 amide bonds. The monoisotopic (exact) mass is 329 g/mol. The maximum atomic E-state index is 12.5. The Hall–Kier alpha value is -2.27. The van der Waals surface area contributed by atoms with Crippen LogP contribution in [-0.2, 0) is 16.4 Å². The third kappa shape index (κ3) is 2.97. The topological polar surface area (TPSA) is 59.3 Å². The molecule has 0 aliphatic carbocycles. The maximum Gasteiger partial charge on any atom is 0.261 e. The van der Waals surface area contributed by atoms with E-state index in [1.807, 2.05) is 26.8 Å². The average molecular weight is 329 g/mol. The number of aryl methyl sites for hydroxylation is 3. The number of furan rings is 1. The summed E-state index contributed by atoms with van der Waals surface area (Å²) in [7, 11) is -3.59. The van der Waals surface area contributed by atoms with Crippen LogP contribution < -0.4 is 4.72 Å². The van der Waals surface area contributed by atoms with Crippen molar-refractivity contribution in [2.24, 2.45) is 0 Å². The van der Waals surface area contributed by atoms with Crippen molar-refractivity contribution in [3.63, 3.8) is 0 Å². The van der Waals surface area contributed by atoms with Crippen LogP contribution >= 0.6 is 0 Å². The number of benzene rings is 2. The molecule has 0 radical (unpaired) electrons. The summed E-state index contributed by atoms with van der Waals surface area (Å²) in [5.41, 5.74) is 3.38. The standard InChI is InChI=1S/C18H19NO3S/c1-4-17-13(3)16-11-14(7-10-18(16)22-17)19-23(20,21)15-8-5-12(2)6-9-15/h5-11,19H,4H2,1-3H3. The summed E-state index contributed by atoms with van der Waals surface area (Å²) in [6.07, 6.45) is 0.810. The first-order valence-corrected chi connectivity index (χ1v) is 9.00. The van der Waals surface area contributed by atoms with E-state index in [4.69, 9.17) is 4.42 Å². The van der Waals surface area contributed by atoms with Crippen LogP contribution in [0.5, 0.6) is 0 Å². The molecular weight excluding hydrogens is 310 g/mol. The molecule has 1 heterocycles. The first-order valence-electron chi connectivity index (χ1n) is 7.52. The normalized spacial score (nSPS) is 11.8. The van der Waals surface area contributed by atoms with Gasteiger partial charge >= 0.3 is 0 Å². The van der Waals surface area contributed by atoms with Gasteiger partial charge in [-0.25, -0.2) is 8.42 Å². The fourth-order valence-electron chi connectivity index (χ4n) is 2.60. The zero-order chi connectivity index (χ0) is 16.6. The van der Waals surface area contributed by atoms with Gasteiger partial charge in [-0.05, 0) is 49.7 Å². The molecule has 0 saturated carbocycles. The van der Waals surface area contributed by atoms with E-state index < -0.39 is 10.0 Å². The van der Waals surface area contributed by atoms with Crippen molar-refractivity contribution in [2.75, 3.05) is 4.72 Å². The Morgan fingerprint density at radius 2 is 1.74 bits per heavy atom. The Balaban J connectivity index is 1.97. The van der Waals surface area contributed by atoms with Gasteiger partial charge in [0, 0.05) is 17.5 Å². The van der Waals surface area contributed by atoms with Gasteiger partial charge in [-0.1, -0.05) is 24.6 Å². The van der Waals surface area contributed by atoms with Gasteiger partial charge in [-0.3, -0.25) is 4.72 Å². The minimum atomic E-state index is -3.59. The van der Waals surface area contributed by atoms with Crippen molar-refractivity contribution in [3.8, 4) is 0 Å². The van der Waals surface area contributed by atoms with Crippen molar-refractivity contribution >= 4 is 26.7 Å². The smallest absolute Gasteiger partial charge is 0.261 e. The molecule has 120 valence electrons.